The Morgan fingerprint density at radius 1 is 0.867 bits per heavy atom. The number of amides is 2. The topological polar surface area (TPSA) is 74.3 Å². The summed E-state index contributed by atoms with van der Waals surface area (Å²) in [6, 6.07) is 7.87. The van der Waals surface area contributed by atoms with E-state index in [1.807, 2.05) is 30.5 Å². The molecule has 2 N–H and O–H groups in total. The first-order chi connectivity index (χ1) is 14.5. The Kier molecular flexibility index (Phi) is 7.71. The molecule has 162 valence electrons. The summed E-state index contributed by atoms with van der Waals surface area (Å²) < 4.78 is 5.24. The number of unbranched alkanes of at least 4 members (excludes halogenated alkanes) is 3. The maximum atomic E-state index is 12.8. The number of aromatic nitrogens is 1. The lowest BCUT2D eigenvalue weighted by atomic mass is 10.0. The summed E-state index contributed by atoms with van der Waals surface area (Å²) in [7, 11) is -1.71. The Bertz CT molecular complexity index is 974. The second kappa shape index (κ2) is 10.3. The van der Waals surface area contributed by atoms with Crippen LogP contribution in [0.4, 0.5) is 0 Å². The predicted octanol–water partition coefficient (Wildman–Crippen LogP) is 6.14. The molecule has 2 aromatic rings. The minimum atomic E-state index is -1.71. The van der Waals surface area contributed by atoms with Crippen LogP contribution < -0.4 is 5.32 Å². The predicted molar refractivity (Wildman–Crippen MR) is 127 cm³/mol. The molecular formula is C24H34N3O2P. The number of aromatic amines is 1. The molecule has 1 aromatic carbocycles. The minimum Gasteiger partial charge on any atom is -0.361 e. The first kappa shape index (κ1) is 22.6. The van der Waals surface area contributed by atoms with Gasteiger partial charge in [-0.2, -0.15) is 0 Å². The van der Waals surface area contributed by atoms with Crippen LogP contribution in [0, 0.1) is 0 Å². The number of carbonyl (C=O) groups excluding carboxylic acids is 2. The Morgan fingerprint density at radius 3 is 2.07 bits per heavy atom. The van der Waals surface area contributed by atoms with Crippen molar-refractivity contribution in [3.8, 4) is 0 Å². The zero-order valence-electron chi connectivity index (χ0n) is 18.5. The quantitative estimate of drug-likeness (QED) is 0.334. The van der Waals surface area contributed by atoms with E-state index in [4.69, 9.17) is 4.74 Å². The zero-order chi connectivity index (χ0) is 21.6. The van der Waals surface area contributed by atoms with Crippen molar-refractivity contribution in [1.29, 1.82) is 0 Å². The standard InChI is InChI=1S/C24H34N3O2P/c1-4-7-14-30(15-8-5-2,16-9-6-3)27-22-21(23(28)26-24(22)29)19-17-25-20-13-11-10-12-18(19)20/h10-13,17,25H,4-9,14-16H2,1-3H3,(H,26,28,29). The summed E-state index contributed by atoms with van der Waals surface area (Å²) in [5, 5.41) is 3.47. The normalized spacial score (nSPS) is 14.6. The van der Waals surface area contributed by atoms with Crippen LogP contribution in [0.3, 0.4) is 0 Å². The van der Waals surface area contributed by atoms with Gasteiger partial charge in [0, 0.05) is 22.7 Å². The number of fused-ring (bicyclic) bond motifs is 1. The first-order valence-electron chi connectivity index (χ1n) is 11.3. The third-order valence-electron chi connectivity index (χ3n) is 5.86. The van der Waals surface area contributed by atoms with E-state index in [1.54, 1.807) is 0 Å². The van der Waals surface area contributed by atoms with Gasteiger partial charge in [0.25, 0.3) is 11.8 Å². The third kappa shape index (κ3) is 4.78. The van der Waals surface area contributed by atoms with Crippen LogP contribution in [0.5, 0.6) is 0 Å². The summed E-state index contributed by atoms with van der Waals surface area (Å²) >= 11 is 0. The summed E-state index contributed by atoms with van der Waals surface area (Å²) in [6.45, 7) is 6.62. The van der Waals surface area contributed by atoms with Crippen molar-refractivity contribution < 1.29 is 9.59 Å². The first-order valence-corrected chi connectivity index (χ1v) is 13.6. The molecule has 1 aliphatic rings. The number of hydrogen-bond donors (Lipinski definition) is 2. The molecule has 0 spiro atoms. The highest BCUT2D eigenvalue weighted by Gasteiger charge is 2.34. The Hall–Kier alpha value is -2.13. The van der Waals surface area contributed by atoms with E-state index < -0.39 is 7.05 Å². The largest absolute Gasteiger partial charge is 0.361 e. The van der Waals surface area contributed by atoms with Crippen LogP contribution in [-0.4, -0.2) is 35.3 Å². The van der Waals surface area contributed by atoms with Crippen LogP contribution in [0.2, 0.25) is 0 Å². The lowest BCUT2D eigenvalue weighted by Gasteiger charge is -2.25. The van der Waals surface area contributed by atoms with Crippen LogP contribution in [0.1, 0.15) is 64.9 Å². The molecule has 3 rings (SSSR count). The fraction of sp³-hybridized carbons (Fsp3) is 0.500. The number of carbonyl (C=O) groups is 2. The Morgan fingerprint density at radius 2 is 1.47 bits per heavy atom. The van der Waals surface area contributed by atoms with Gasteiger partial charge in [0.1, 0.15) is 5.70 Å². The molecule has 0 saturated heterocycles. The molecule has 0 fully saturated rings. The van der Waals surface area contributed by atoms with Crippen LogP contribution in [0.25, 0.3) is 16.5 Å². The molecule has 0 aliphatic carbocycles. The van der Waals surface area contributed by atoms with Crippen molar-refractivity contribution >= 4 is 35.3 Å². The summed E-state index contributed by atoms with van der Waals surface area (Å²) in [6.07, 6.45) is 11.7. The van der Waals surface area contributed by atoms with Crippen molar-refractivity contribution in [2.24, 2.45) is 4.74 Å². The van der Waals surface area contributed by atoms with E-state index >= 15 is 0 Å². The van der Waals surface area contributed by atoms with E-state index in [1.165, 1.54) is 0 Å². The summed E-state index contributed by atoms with van der Waals surface area (Å²) in [5.41, 5.74) is 2.52. The van der Waals surface area contributed by atoms with Crippen molar-refractivity contribution in [3.05, 3.63) is 41.7 Å². The van der Waals surface area contributed by atoms with Gasteiger partial charge in [0.15, 0.2) is 0 Å². The highest BCUT2D eigenvalue weighted by Crippen LogP contribution is 2.54. The maximum Gasteiger partial charge on any atom is 0.277 e. The van der Waals surface area contributed by atoms with Gasteiger partial charge in [-0.1, -0.05) is 58.2 Å². The van der Waals surface area contributed by atoms with Crippen LogP contribution in [-0.2, 0) is 9.59 Å². The molecule has 0 bridgehead atoms. The number of nitrogens with zero attached hydrogens (tertiary/aromatic N) is 1. The number of H-pyrrole nitrogens is 1. The van der Waals surface area contributed by atoms with E-state index in [2.05, 4.69) is 31.1 Å². The van der Waals surface area contributed by atoms with E-state index in [9.17, 15) is 9.59 Å². The lowest BCUT2D eigenvalue weighted by molar-refractivity contribution is -0.123. The smallest absolute Gasteiger partial charge is 0.277 e. The van der Waals surface area contributed by atoms with Gasteiger partial charge in [-0.15, -0.1) is 0 Å². The average Bonchev–Trinajstić information content (AvgIpc) is 3.29. The highest BCUT2D eigenvalue weighted by atomic mass is 31.2. The Labute approximate surface area is 179 Å². The fourth-order valence-electron chi connectivity index (χ4n) is 4.12. The molecular weight excluding hydrogens is 393 g/mol. The minimum absolute atomic E-state index is 0.330. The van der Waals surface area contributed by atoms with Crippen LogP contribution >= 0.6 is 7.05 Å². The molecule has 5 nitrogen and oxygen atoms in total. The number of nitrogens with one attached hydrogen (secondary N) is 2. The van der Waals surface area contributed by atoms with E-state index in [-0.39, 0.29) is 11.8 Å². The van der Waals surface area contributed by atoms with Gasteiger partial charge in [-0.3, -0.25) is 19.7 Å². The van der Waals surface area contributed by atoms with Crippen molar-refractivity contribution in [2.75, 3.05) is 18.5 Å². The fourth-order valence-corrected chi connectivity index (χ4v) is 8.42. The molecule has 0 radical (unpaired) electrons. The molecule has 1 aromatic heterocycles. The monoisotopic (exact) mass is 427 g/mol. The molecule has 6 heteroatoms. The van der Waals surface area contributed by atoms with Gasteiger partial charge >= 0.3 is 0 Å². The number of imide groups is 1. The number of para-hydroxylation sites is 1. The summed E-state index contributed by atoms with van der Waals surface area (Å²) in [5.74, 6) is -0.669. The zero-order valence-corrected chi connectivity index (χ0v) is 19.4. The SMILES string of the molecule is CCCCP(CCCC)(CCCC)=NC1=C(c2c[nH]c3ccccc23)C(=O)NC1=O. The van der Waals surface area contributed by atoms with Gasteiger partial charge in [0.2, 0.25) is 0 Å². The van der Waals surface area contributed by atoms with Crippen molar-refractivity contribution in [2.45, 2.75) is 59.3 Å². The third-order valence-corrected chi connectivity index (χ3v) is 9.93. The van der Waals surface area contributed by atoms with Gasteiger partial charge in [-0.25, -0.2) is 0 Å². The van der Waals surface area contributed by atoms with Gasteiger partial charge in [-0.05, 0) is 50.9 Å². The molecule has 2 amide bonds. The van der Waals surface area contributed by atoms with E-state index in [0.717, 1.165) is 73.5 Å². The molecule has 2 heterocycles. The van der Waals surface area contributed by atoms with Crippen LogP contribution in [0.15, 0.2) is 40.9 Å². The number of rotatable bonds is 11. The molecule has 0 atom stereocenters. The average molecular weight is 428 g/mol. The second-order valence-corrected chi connectivity index (χ2v) is 11.9. The maximum absolute atomic E-state index is 12.8. The van der Waals surface area contributed by atoms with Crippen molar-refractivity contribution in [1.82, 2.24) is 10.3 Å². The number of hydrogen-bond acceptors (Lipinski definition) is 3. The second-order valence-electron chi connectivity index (χ2n) is 8.18. The number of benzene rings is 1. The van der Waals surface area contributed by atoms with Crippen molar-refractivity contribution in [3.63, 3.8) is 0 Å². The Balaban J connectivity index is 2.19. The molecule has 0 unspecified atom stereocenters. The van der Waals surface area contributed by atoms with Gasteiger partial charge < -0.3 is 4.98 Å². The molecule has 0 saturated carbocycles. The molecule has 1 aliphatic heterocycles. The van der Waals surface area contributed by atoms with E-state index in [0.29, 0.717) is 11.3 Å². The highest BCUT2D eigenvalue weighted by molar-refractivity contribution is 7.66. The summed E-state index contributed by atoms with van der Waals surface area (Å²) in [4.78, 5) is 28.9. The van der Waals surface area contributed by atoms with Gasteiger partial charge in [0.05, 0.1) is 5.57 Å². The lowest BCUT2D eigenvalue weighted by Crippen LogP contribution is -2.22. The molecule has 30 heavy (non-hydrogen) atoms.